The lowest BCUT2D eigenvalue weighted by molar-refractivity contribution is 0.374. The van der Waals surface area contributed by atoms with Gasteiger partial charge in [-0.1, -0.05) is 36.8 Å². The van der Waals surface area contributed by atoms with Crippen molar-refractivity contribution in [2.45, 2.75) is 69.7 Å². The molecule has 1 aromatic carbocycles. The van der Waals surface area contributed by atoms with Gasteiger partial charge in [0.15, 0.2) is 0 Å². The van der Waals surface area contributed by atoms with Crippen LogP contribution in [0.3, 0.4) is 0 Å². The molecule has 2 aliphatic rings. The van der Waals surface area contributed by atoms with Crippen LogP contribution in [0.25, 0.3) is 0 Å². The molecule has 1 aromatic heterocycles. The highest BCUT2D eigenvalue weighted by molar-refractivity contribution is 5.20. The highest BCUT2D eigenvalue weighted by atomic mass is 15.3. The average molecular weight is 295 g/mol. The van der Waals surface area contributed by atoms with Gasteiger partial charge >= 0.3 is 0 Å². The molecule has 2 aromatic rings. The molecule has 3 heteroatoms. The molecular weight excluding hydrogens is 270 g/mol. The summed E-state index contributed by atoms with van der Waals surface area (Å²) in [5, 5.41) is 9.06. The highest BCUT2D eigenvalue weighted by Crippen LogP contribution is 2.40. The van der Waals surface area contributed by atoms with Gasteiger partial charge in [-0.05, 0) is 50.0 Å². The Morgan fingerprint density at radius 1 is 0.818 bits per heavy atom. The van der Waals surface area contributed by atoms with Crippen molar-refractivity contribution >= 4 is 0 Å². The SMILES string of the molecule is c1ccc(C2CCC(c3nnc4n3CCCCC4)CC2)cc1. The molecule has 1 aliphatic heterocycles. The molecule has 2 heterocycles. The van der Waals surface area contributed by atoms with E-state index in [1.165, 1.54) is 62.2 Å². The van der Waals surface area contributed by atoms with Crippen molar-refractivity contribution in [3.05, 3.63) is 47.5 Å². The maximum Gasteiger partial charge on any atom is 0.136 e. The third-order valence-corrected chi connectivity index (χ3v) is 5.50. The van der Waals surface area contributed by atoms with E-state index in [0.29, 0.717) is 5.92 Å². The van der Waals surface area contributed by atoms with Crippen LogP contribution in [0.15, 0.2) is 30.3 Å². The molecular formula is C19H25N3. The molecule has 0 spiro atoms. The number of nitrogens with zero attached hydrogens (tertiary/aromatic N) is 3. The summed E-state index contributed by atoms with van der Waals surface area (Å²) < 4.78 is 2.44. The second-order valence-electron chi connectivity index (χ2n) is 6.90. The Morgan fingerprint density at radius 2 is 1.59 bits per heavy atom. The number of rotatable bonds is 2. The zero-order chi connectivity index (χ0) is 14.8. The Hall–Kier alpha value is -1.64. The Balaban J connectivity index is 1.47. The lowest BCUT2D eigenvalue weighted by Gasteiger charge is -2.28. The van der Waals surface area contributed by atoms with E-state index in [1.807, 2.05) is 0 Å². The van der Waals surface area contributed by atoms with Gasteiger partial charge in [0.05, 0.1) is 0 Å². The Morgan fingerprint density at radius 3 is 2.41 bits per heavy atom. The molecule has 116 valence electrons. The van der Waals surface area contributed by atoms with Gasteiger partial charge in [-0.3, -0.25) is 0 Å². The first-order valence-corrected chi connectivity index (χ1v) is 8.89. The van der Waals surface area contributed by atoms with E-state index in [2.05, 4.69) is 45.1 Å². The van der Waals surface area contributed by atoms with Crippen LogP contribution in [-0.4, -0.2) is 14.8 Å². The monoisotopic (exact) mass is 295 g/mol. The fourth-order valence-electron chi connectivity index (χ4n) is 4.22. The molecule has 0 unspecified atom stereocenters. The predicted octanol–water partition coefficient (Wildman–Crippen LogP) is 4.45. The smallest absolute Gasteiger partial charge is 0.136 e. The van der Waals surface area contributed by atoms with Crippen molar-refractivity contribution < 1.29 is 0 Å². The quantitative estimate of drug-likeness (QED) is 0.819. The van der Waals surface area contributed by atoms with Crippen molar-refractivity contribution in [2.24, 2.45) is 0 Å². The lowest BCUT2D eigenvalue weighted by Crippen LogP contribution is -2.17. The average Bonchev–Trinajstić information content (AvgIpc) is 2.84. The number of hydrogen-bond donors (Lipinski definition) is 0. The molecule has 0 bridgehead atoms. The molecule has 1 fully saturated rings. The number of fused-ring (bicyclic) bond motifs is 1. The molecule has 3 nitrogen and oxygen atoms in total. The molecule has 4 rings (SSSR count). The summed E-state index contributed by atoms with van der Waals surface area (Å²) in [5.74, 6) is 3.88. The fourth-order valence-corrected chi connectivity index (χ4v) is 4.22. The lowest BCUT2D eigenvalue weighted by atomic mass is 9.78. The second-order valence-corrected chi connectivity index (χ2v) is 6.90. The topological polar surface area (TPSA) is 30.7 Å². The van der Waals surface area contributed by atoms with Gasteiger partial charge in [-0.25, -0.2) is 0 Å². The van der Waals surface area contributed by atoms with Gasteiger partial charge in [-0.15, -0.1) is 10.2 Å². The summed E-state index contributed by atoms with van der Waals surface area (Å²) in [6, 6.07) is 11.0. The Bertz CT molecular complexity index is 609. The van der Waals surface area contributed by atoms with E-state index in [-0.39, 0.29) is 0 Å². The third-order valence-electron chi connectivity index (χ3n) is 5.50. The molecule has 0 N–H and O–H groups in total. The van der Waals surface area contributed by atoms with E-state index in [9.17, 15) is 0 Å². The van der Waals surface area contributed by atoms with E-state index >= 15 is 0 Å². The normalized spacial score (nSPS) is 25.5. The molecule has 0 amide bonds. The van der Waals surface area contributed by atoms with Gasteiger partial charge < -0.3 is 4.57 Å². The van der Waals surface area contributed by atoms with Gasteiger partial charge in [0.25, 0.3) is 0 Å². The van der Waals surface area contributed by atoms with Crippen LogP contribution < -0.4 is 0 Å². The molecule has 0 radical (unpaired) electrons. The minimum atomic E-state index is 0.624. The van der Waals surface area contributed by atoms with Crippen LogP contribution in [-0.2, 0) is 13.0 Å². The van der Waals surface area contributed by atoms with Gasteiger partial charge in [0.1, 0.15) is 11.6 Å². The Labute approximate surface area is 132 Å². The minimum absolute atomic E-state index is 0.624. The summed E-state index contributed by atoms with van der Waals surface area (Å²) in [7, 11) is 0. The summed E-state index contributed by atoms with van der Waals surface area (Å²) in [6.45, 7) is 1.14. The van der Waals surface area contributed by atoms with Crippen LogP contribution in [0.1, 0.15) is 74.0 Å². The van der Waals surface area contributed by atoms with Crippen molar-refractivity contribution in [3.8, 4) is 0 Å². The first-order valence-electron chi connectivity index (χ1n) is 8.89. The number of aryl methyl sites for hydroxylation is 1. The largest absolute Gasteiger partial charge is 0.315 e. The van der Waals surface area contributed by atoms with E-state index in [4.69, 9.17) is 0 Å². The molecule has 22 heavy (non-hydrogen) atoms. The summed E-state index contributed by atoms with van der Waals surface area (Å²) in [5.41, 5.74) is 1.51. The van der Waals surface area contributed by atoms with Crippen molar-refractivity contribution in [3.63, 3.8) is 0 Å². The summed E-state index contributed by atoms with van der Waals surface area (Å²) in [6.07, 6.45) is 10.1. The predicted molar refractivity (Wildman–Crippen MR) is 88.0 cm³/mol. The Kier molecular flexibility index (Phi) is 3.96. The zero-order valence-corrected chi connectivity index (χ0v) is 13.2. The van der Waals surface area contributed by atoms with E-state index < -0.39 is 0 Å². The van der Waals surface area contributed by atoms with E-state index in [0.717, 1.165) is 18.9 Å². The first-order chi connectivity index (χ1) is 10.9. The number of hydrogen-bond acceptors (Lipinski definition) is 2. The van der Waals surface area contributed by atoms with Gasteiger partial charge in [0.2, 0.25) is 0 Å². The van der Waals surface area contributed by atoms with Crippen molar-refractivity contribution in [1.82, 2.24) is 14.8 Å². The second kappa shape index (κ2) is 6.23. The standard InChI is InChI=1S/C19H25N3/c1-3-7-15(8-4-1)16-10-12-17(13-11-16)19-21-20-18-9-5-2-6-14-22(18)19/h1,3-4,7-8,16-17H,2,5-6,9-14H2. The number of benzene rings is 1. The van der Waals surface area contributed by atoms with Crippen LogP contribution in [0.2, 0.25) is 0 Å². The first kappa shape index (κ1) is 14.0. The molecule has 0 saturated heterocycles. The van der Waals surface area contributed by atoms with Gasteiger partial charge in [-0.2, -0.15) is 0 Å². The maximum atomic E-state index is 4.57. The maximum absolute atomic E-state index is 4.57. The fraction of sp³-hybridized carbons (Fsp3) is 0.579. The van der Waals surface area contributed by atoms with Crippen LogP contribution in [0, 0.1) is 0 Å². The summed E-state index contributed by atoms with van der Waals surface area (Å²) in [4.78, 5) is 0. The highest BCUT2D eigenvalue weighted by Gasteiger charge is 2.28. The van der Waals surface area contributed by atoms with Gasteiger partial charge in [0, 0.05) is 18.9 Å². The molecule has 1 saturated carbocycles. The van der Waals surface area contributed by atoms with E-state index in [1.54, 1.807) is 0 Å². The molecule has 0 atom stereocenters. The minimum Gasteiger partial charge on any atom is -0.315 e. The zero-order valence-electron chi connectivity index (χ0n) is 13.2. The molecule has 1 aliphatic carbocycles. The van der Waals surface area contributed by atoms with Crippen LogP contribution in [0.4, 0.5) is 0 Å². The summed E-state index contributed by atoms with van der Waals surface area (Å²) >= 11 is 0. The van der Waals surface area contributed by atoms with Crippen LogP contribution >= 0.6 is 0 Å². The number of aromatic nitrogens is 3. The van der Waals surface area contributed by atoms with Crippen LogP contribution in [0.5, 0.6) is 0 Å². The van der Waals surface area contributed by atoms with Crippen molar-refractivity contribution in [2.75, 3.05) is 0 Å². The van der Waals surface area contributed by atoms with Crippen molar-refractivity contribution in [1.29, 1.82) is 0 Å². The third kappa shape index (κ3) is 2.69.